The first-order valence-corrected chi connectivity index (χ1v) is 6.36. The van der Waals surface area contributed by atoms with Crippen molar-refractivity contribution in [3.8, 4) is 0 Å². The number of hydrogen-bond acceptors (Lipinski definition) is 2. The molecule has 0 N–H and O–H groups in total. The standard InChI is InChI=1S/C13H13ClF3NO/c14-11-6-9(8-19)3-4-12(11)18-5-1-2-10(7-18)13(15,16)17/h3-4,6,8,10H,1-2,5,7H2. The van der Waals surface area contributed by atoms with Crippen molar-refractivity contribution in [2.75, 3.05) is 18.0 Å². The van der Waals surface area contributed by atoms with E-state index in [4.69, 9.17) is 11.6 Å². The van der Waals surface area contributed by atoms with Gasteiger partial charge in [0.05, 0.1) is 16.6 Å². The van der Waals surface area contributed by atoms with Gasteiger partial charge in [-0.05, 0) is 31.0 Å². The lowest BCUT2D eigenvalue weighted by atomic mass is 9.97. The average Bonchev–Trinajstić information content (AvgIpc) is 2.37. The number of piperidine rings is 1. The number of benzene rings is 1. The molecule has 19 heavy (non-hydrogen) atoms. The number of aldehydes is 1. The van der Waals surface area contributed by atoms with E-state index >= 15 is 0 Å². The SMILES string of the molecule is O=Cc1ccc(N2CCCC(C(F)(F)F)C2)c(Cl)c1. The van der Waals surface area contributed by atoms with Gasteiger partial charge in [0.25, 0.3) is 0 Å². The Morgan fingerprint density at radius 1 is 1.37 bits per heavy atom. The van der Waals surface area contributed by atoms with E-state index in [1.807, 2.05) is 0 Å². The van der Waals surface area contributed by atoms with Gasteiger partial charge in [0.15, 0.2) is 0 Å². The highest BCUT2D eigenvalue weighted by atomic mass is 35.5. The smallest absolute Gasteiger partial charge is 0.370 e. The van der Waals surface area contributed by atoms with Gasteiger partial charge in [0.1, 0.15) is 6.29 Å². The number of carbonyl (C=O) groups is 1. The predicted octanol–water partition coefficient (Wildman–Crippen LogP) is 3.93. The van der Waals surface area contributed by atoms with Crippen molar-refractivity contribution in [2.45, 2.75) is 19.0 Å². The van der Waals surface area contributed by atoms with Crippen LogP contribution in [-0.2, 0) is 0 Å². The highest BCUT2D eigenvalue weighted by molar-refractivity contribution is 6.33. The minimum absolute atomic E-state index is 0.0797. The molecule has 2 rings (SSSR count). The minimum atomic E-state index is -4.17. The molecule has 0 aliphatic carbocycles. The summed E-state index contributed by atoms with van der Waals surface area (Å²) in [5, 5.41) is 0.312. The number of nitrogens with zero attached hydrogens (tertiary/aromatic N) is 1. The summed E-state index contributed by atoms with van der Waals surface area (Å²) in [6, 6.07) is 4.64. The number of hydrogen-bond donors (Lipinski definition) is 0. The highest BCUT2D eigenvalue weighted by Gasteiger charge is 2.42. The zero-order chi connectivity index (χ0) is 14.0. The van der Waals surface area contributed by atoms with Crippen molar-refractivity contribution < 1.29 is 18.0 Å². The third kappa shape index (κ3) is 3.21. The van der Waals surface area contributed by atoms with Gasteiger partial charge in [0, 0.05) is 18.7 Å². The first-order chi connectivity index (χ1) is 8.91. The van der Waals surface area contributed by atoms with Crippen LogP contribution >= 0.6 is 11.6 Å². The molecule has 1 saturated heterocycles. The first kappa shape index (κ1) is 14.2. The average molecular weight is 292 g/mol. The zero-order valence-electron chi connectivity index (χ0n) is 10.1. The molecule has 1 atom stereocenters. The minimum Gasteiger partial charge on any atom is -0.370 e. The molecule has 0 spiro atoms. The Morgan fingerprint density at radius 3 is 2.68 bits per heavy atom. The van der Waals surface area contributed by atoms with Crippen LogP contribution in [0.2, 0.25) is 5.02 Å². The first-order valence-electron chi connectivity index (χ1n) is 5.98. The molecule has 0 amide bonds. The van der Waals surface area contributed by atoms with Crippen molar-refractivity contribution in [3.63, 3.8) is 0 Å². The van der Waals surface area contributed by atoms with Crippen LogP contribution in [0.15, 0.2) is 18.2 Å². The summed E-state index contributed by atoms with van der Waals surface area (Å²) in [6.07, 6.45) is -2.88. The fourth-order valence-electron chi connectivity index (χ4n) is 2.32. The number of halogens is 4. The van der Waals surface area contributed by atoms with Crippen molar-refractivity contribution in [1.82, 2.24) is 0 Å². The molecule has 0 bridgehead atoms. The quantitative estimate of drug-likeness (QED) is 0.770. The summed E-state index contributed by atoms with van der Waals surface area (Å²) in [5.41, 5.74) is 0.972. The number of carbonyl (C=O) groups excluding carboxylic acids is 1. The monoisotopic (exact) mass is 291 g/mol. The Labute approximate surface area is 114 Å². The summed E-state index contributed by atoms with van der Waals surface area (Å²) in [6.45, 7) is 0.469. The molecule has 1 aromatic carbocycles. The zero-order valence-corrected chi connectivity index (χ0v) is 10.8. The van der Waals surface area contributed by atoms with Crippen LogP contribution in [0.25, 0.3) is 0 Å². The van der Waals surface area contributed by atoms with Gasteiger partial charge in [-0.2, -0.15) is 13.2 Å². The van der Waals surface area contributed by atoms with E-state index in [9.17, 15) is 18.0 Å². The van der Waals surface area contributed by atoms with Crippen molar-refractivity contribution in [2.24, 2.45) is 5.92 Å². The third-order valence-electron chi connectivity index (χ3n) is 3.33. The summed E-state index contributed by atoms with van der Waals surface area (Å²) < 4.78 is 38.2. The Balaban J connectivity index is 2.20. The second-order valence-corrected chi connectivity index (χ2v) is 5.06. The van der Waals surface area contributed by atoms with Crippen molar-refractivity contribution in [3.05, 3.63) is 28.8 Å². The lowest BCUT2D eigenvalue weighted by Crippen LogP contribution is -2.41. The van der Waals surface area contributed by atoms with E-state index in [2.05, 4.69) is 0 Å². The Bertz CT molecular complexity index is 475. The third-order valence-corrected chi connectivity index (χ3v) is 3.64. The van der Waals surface area contributed by atoms with Crippen LogP contribution < -0.4 is 4.90 Å². The number of rotatable bonds is 2. The maximum atomic E-state index is 12.7. The largest absolute Gasteiger partial charge is 0.393 e. The summed E-state index contributed by atoms with van der Waals surface area (Å²) >= 11 is 6.02. The highest BCUT2D eigenvalue weighted by Crippen LogP contribution is 2.36. The normalized spacial score (nSPS) is 20.4. The summed E-state index contributed by atoms with van der Waals surface area (Å²) in [7, 11) is 0. The molecule has 104 valence electrons. The molecule has 1 aliphatic rings. The summed E-state index contributed by atoms with van der Waals surface area (Å²) in [4.78, 5) is 12.2. The predicted molar refractivity (Wildman–Crippen MR) is 67.8 cm³/mol. The molecule has 0 radical (unpaired) electrons. The second-order valence-electron chi connectivity index (χ2n) is 4.66. The van der Waals surface area contributed by atoms with Crippen LogP contribution in [-0.4, -0.2) is 25.6 Å². The van der Waals surface area contributed by atoms with Crippen molar-refractivity contribution in [1.29, 1.82) is 0 Å². The van der Waals surface area contributed by atoms with Gasteiger partial charge in [-0.25, -0.2) is 0 Å². The molecule has 1 aromatic rings. The van der Waals surface area contributed by atoms with Crippen molar-refractivity contribution >= 4 is 23.6 Å². The maximum absolute atomic E-state index is 12.7. The molecule has 1 fully saturated rings. The molecular weight excluding hydrogens is 279 g/mol. The molecule has 1 heterocycles. The Hall–Kier alpha value is -1.23. The van der Waals surface area contributed by atoms with Crippen LogP contribution in [0.1, 0.15) is 23.2 Å². The van der Waals surface area contributed by atoms with Gasteiger partial charge in [-0.3, -0.25) is 4.79 Å². The second kappa shape index (κ2) is 5.41. The van der Waals surface area contributed by atoms with E-state index in [1.54, 1.807) is 17.0 Å². The van der Waals surface area contributed by atoms with Gasteiger partial charge in [0.2, 0.25) is 0 Å². The van der Waals surface area contributed by atoms with Gasteiger partial charge in [-0.15, -0.1) is 0 Å². The van der Waals surface area contributed by atoms with E-state index in [-0.39, 0.29) is 13.0 Å². The number of anilines is 1. The summed E-state index contributed by atoms with van der Waals surface area (Å²) in [5.74, 6) is -1.32. The topological polar surface area (TPSA) is 20.3 Å². The molecule has 2 nitrogen and oxygen atoms in total. The van der Waals surface area contributed by atoms with E-state index in [0.717, 1.165) is 0 Å². The fraction of sp³-hybridized carbons (Fsp3) is 0.462. The van der Waals surface area contributed by atoms with Gasteiger partial charge in [-0.1, -0.05) is 11.6 Å². The molecule has 0 aromatic heterocycles. The molecule has 0 saturated carbocycles. The van der Waals surface area contributed by atoms with Crippen LogP contribution in [0, 0.1) is 5.92 Å². The van der Waals surface area contributed by atoms with Crippen LogP contribution in [0.3, 0.4) is 0 Å². The molecule has 1 aliphatic heterocycles. The molecular formula is C13H13ClF3NO. The van der Waals surface area contributed by atoms with Crippen LogP contribution in [0.4, 0.5) is 18.9 Å². The fourth-order valence-corrected chi connectivity index (χ4v) is 2.62. The molecule has 6 heteroatoms. The van der Waals surface area contributed by atoms with E-state index in [0.29, 0.717) is 35.5 Å². The van der Waals surface area contributed by atoms with Crippen LogP contribution in [0.5, 0.6) is 0 Å². The lowest BCUT2D eigenvalue weighted by molar-refractivity contribution is -0.175. The molecule has 1 unspecified atom stereocenters. The van der Waals surface area contributed by atoms with E-state index in [1.165, 1.54) is 6.07 Å². The Morgan fingerprint density at radius 2 is 2.11 bits per heavy atom. The van der Waals surface area contributed by atoms with Gasteiger partial charge < -0.3 is 4.90 Å². The Kier molecular flexibility index (Phi) is 4.04. The van der Waals surface area contributed by atoms with E-state index < -0.39 is 12.1 Å². The maximum Gasteiger partial charge on any atom is 0.393 e. The lowest BCUT2D eigenvalue weighted by Gasteiger charge is -2.35. The van der Waals surface area contributed by atoms with Gasteiger partial charge >= 0.3 is 6.18 Å². The number of alkyl halides is 3.